The third kappa shape index (κ3) is 1.97. The summed E-state index contributed by atoms with van der Waals surface area (Å²) in [6.07, 6.45) is 0.939. The predicted octanol–water partition coefficient (Wildman–Crippen LogP) is 1.81. The summed E-state index contributed by atoms with van der Waals surface area (Å²) in [5, 5.41) is 2.07. The van der Waals surface area contributed by atoms with Crippen LogP contribution in [0.25, 0.3) is 0 Å². The predicted molar refractivity (Wildman–Crippen MR) is 46.2 cm³/mol. The Labute approximate surface area is 65.2 Å². The van der Waals surface area contributed by atoms with Crippen molar-refractivity contribution in [3.8, 4) is 0 Å². The summed E-state index contributed by atoms with van der Waals surface area (Å²) in [6.45, 7) is 4.42. The molecule has 0 saturated carbocycles. The van der Waals surface area contributed by atoms with Crippen molar-refractivity contribution in [1.29, 1.82) is 0 Å². The highest BCUT2D eigenvalue weighted by atomic mass is 32.1. The number of thiophene rings is 1. The molecule has 0 spiro atoms. The van der Waals surface area contributed by atoms with Gasteiger partial charge < -0.3 is 5.73 Å². The monoisotopic (exact) mass is 153 g/mol. The van der Waals surface area contributed by atoms with Crippen LogP contribution in [0.4, 0.5) is 0 Å². The topological polar surface area (TPSA) is 26.0 Å². The van der Waals surface area contributed by atoms with Crippen molar-refractivity contribution in [3.05, 3.63) is 34.5 Å². The summed E-state index contributed by atoms with van der Waals surface area (Å²) in [4.78, 5) is 1.34. The Morgan fingerprint density at radius 1 is 1.70 bits per heavy atom. The van der Waals surface area contributed by atoms with Gasteiger partial charge in [-0.15, -0.1) is 11.3 Å². The number of rotatable bonds is 3. The second-order valence-corrected chi connectivity index (χ2v) is 3.24. The van der Waals surface area contributed by atoms with Crippen LogP contribution in [0.5, 0.6) is 0 Å². The summed E-state index contributed by atoms with van der Waals surface area (Å²) in [5.41, 5.74) is 6.49. The van der Waals surface area contributed by atoms with E-state index in [1.165, 1.54) is 4.88 Å². The molecule has 1 rings (SSSR count). The fraction of sp³-hybridized carbons (Fsp3) is 0.250. The highest BCUT2D eigenvalue weighted by Crippen LogP contribution is 2.11. The fourth-order valence-electron chi connectivity index (χ4n) is 0.732. The van der Waals surface area contributed by atoms with Gasteiger partial charge in [-0.3, -0.25) is 0 Å². The van der Waals surface area contributed by atoms with E-state index in [9.17, 15) is 0 Å². The van der Waals surface area contributed by atoms with E-state index in [4.69, 9.17) is 5.73 Å². The van der Waals surface area contributed by atoms with Crippen LogP contribution in [0.15, 0.2) is 29.7 Å². The minimum absolute atomic E-state index is 0.595. The normalized spacial score (nSPS) is 9.70. The first kappa shape index (κ1) is 7.51. The van der Waals surface area contributed by atoms with Crippen molar-refractivity contribution in [1.82, 2.24) is 0 Å². The molecule has 1 nitrogen and oxygen atoms in total. The van der Waals surface area contributed by atoms with E-state index in [2.05, 4.69) is 18.0 Å². The van der Waals surface area contributed by atoms with E-state index in [0.29, 0.717) is 6.54 Å². The standard InChI is InChI=1S/C8H11NS/c1-7(6-9)5-8-3-2-4-10-8/h2-4H,1,5-6,9H2. The summed E-state index contributed by atoms with van der Waals surface area (Å²) in [7, 11) is 0. The van der Waals surface area contributed by atoms with Crippen LogP contribution in [-0.4, -0.2) is 6.54 Å². The molecule has 0 saturated heterocycles. The molecule has 0 atom stereocenters. The maximum Gasteiger partial charge on any atom is 0.0137 e. The van der Waals surface area contributed by atoms with Crippen LogP contribution in [-0.2, 0) is 6.42 Å². The van der Waals surface area contributed by atoms with Gasteiger partial charge in [0.1, 0.15) is 0 Å². The minimum Gasteiger partial charge on any atom is -0.327 e. The first-order valence-electron chi connectivity index (χ1n) is 3.22. The molecule has 54 valence electrons. The zero-order chi connectivity index (χ0) is 7.40. The van der Waals surface area contributed by atoms with E-state index in [1.54, 1.807) is 11.3 Å². The SMILES string of the molecule is C=C(CN)Cc1cccs1. The lowest BCUT2D eigenvalue weighted by Gasteiger charge is -1.96. The molecule has 1 aromatic heterocycles. The first-order chi connectivity index (χ1) is 4.83. The Hall–Kier alpha value is -0.600. The summed E-state index contributed by atoms with van der Waals surface area (Å²) in [6, 6.07) is 4.15. The van der Waals surface area contributed by atoms with Gasteiger partial charge in [0.25, 0.3) is 0 Å². The van der Waals surface area contributed by atoms with Gasteiger partial charge in [-0.1, -0.05) is 18.2 Å². The number of nitrogens with two attached hydrogens (primary N) is 1. The number of hydrogen-bond acceptors (Lipinski definition) is 2. The van der Waals surface area contributed by atoms with Gasteiger partial charge in [0.15, 0.2) is 0 Å². The van der Waals surface area contributed by atoms with Crippen molar-refractivity contribution in [2.75, 3.05) is 6.54 Å². The molecule has 2 N–H and O–H groups in total. The first-order valence-corrected chi connectivity index (χ1v) is 4.10. The molecule has 1 aromatic rings. The highest BCUT2D eigenvalue weighted by molar-refractivity contribution is 7.09. The third-order valence-corrected chi connectivity index (χ3v) is 2.17. The molecular weight excluding hydrogens is 142 g/mol. The molecule has 10 heavy (non-hydrogen) atoms. The molecule has 0 aromatic carbocycles. The van der Waals surface area contributed by atoms with Gasteiger partial charge >= 0.3 is 0 Å². The average molecular weight is 153 g/mol. The quantitative estimate of drug-likeness (QED) is 0.658. The van der Waals surface area contributed by atoms with Crippen LogP contribution in [0.1, 0.15) is 4.88 Å². The van der Waals surface area contributed by atoms with E-state index >= 15 is 0 Å². The summed E-state index contributed by atoms with van der Waals surface area (Å²) in [5.74, 6) is 0. The highest BCUT2D eigenvalue weighted by Gasteiger charge is 1.94. The van der Waals surface area contributed by atoms with Crippen molar-refractivity contribution >= 4 is 11.3 Å². The molecule has 0 fully saturated rings. The molecule has 2 heteroatoms. The lowest BCUT2D eigenvalue weighted by atomic mass is 10.2. The lowest BCUT2D eigenvalue weighted by Crippen LogP contribution is -2.03. The second-order valence-electron chi connectivity index (χ2n) is 2.21. The zero-order valence-corrected chi connectivity index (χ0v) is 6.66. The lowest BCUT2D eigenvalue weighted by molar-refractivity contribution is 1.06. The molecule has 0 bridgehead atoms. The average Bonchev–Trinajstić information content (AvgIpc) is 2.40. The molecule has 0 aliphatic rings. The molecule has 0 radical (unpaired) electrons. The Kier molecular flexibility index (Phi) is 2.66. The molecule has 0 amide bonds. The van der Waals surface area contributed by atoms with E-state index in [1.807, 2.05) is 6.07 Å². The summed E-state index contributed by atoms with van der Waals surface area (Å²) < 4.78 is 0. The minimum atomic E-state index is 0.595. The molecule has 0 aliphatic carbocycles. The third-order valence-electron chi connectivity index (χ3n) is 1.29. The largest absolute Gasteiger partial charge is 0.327 e. The Bertz CT molecular complexity index is 201. The smallest absolute Gasteiger partial charge is 0.0137 e. The van der Waals surface area contributed by atoms with Crippen molar-refractivity contribution < 1.29 is 0 Å². The van der Waals surface area contributed by atoms with E-state index in [-0.39, 0.29) is 0 Å². The molecular formula is C8H11NS. The molecule has 1 heterocycles. The van der Waals surface area contributed by atoms with Crippen LogP contribution >= 0.6 is 11.3 Å². The Morgan fingerprint density at radius 3 is 3.00 bits per heavy atom. The van der Waals surface area contributed by atoms with Crippen LogP contribution < -0.4 is 5.73 Å². The van der Waals surface area contributed by atoms with E-state index in [0.717, 1.165) is 12.0 Å². The van der Waals surface area contributed by atoms with Gasteiger partial charge in [-0.25, -0.2) is 0 Å². The Balaban J connectivity index is 2.48. The van der Waals surface area contributed by atoms with Crippen LogP contribution in [0.3, 0.4) is 0 Å². The second kappa shape index (κ2) is 3.54. The Morgan fingerprint density at radius 2 is 2.50 bits per heavy atom. The van der Waals surface area contributed by atoms with Crippen molar-refractivity contribution in [3.63, 3.8) is 0 Å². The maximum absolute atomic E-state index is 5.39. The van der Waals surface area contributed by atoms with Gasteiger partial charge in [-0.2, -0.15) is 0 Å². The van der Waals surface area contributed by atoms with Crippen LogP contribution in [0, 0.1) is 0 Å². The molecule has 0 aliphatic heterocycles. The van der Waals surface area contributed by atoms with E-state index < -0.39 is 0 Å². The maximum atomic E-state index is 5.39. The van der Waals surface area contributed by atoms with Crippen LogP contribution in [0.2, 0.25) is 0 Å². The number of hydrogen-bond donors (Lipinski definition) is 1. The van der Waals surface area contributed by atoms with Crippen molar-refractivity contribution in [2.45, 2.75) is 6.42 Å². The summed E-state index contributed by atoms with van der Waals surface area (Å²) >= 11 is 1.75. The van der Waals surface area contributed by atoms with Gasteiger partial charge in [0.2, 0.25) is 0 Å². The van der Waals surface area contributed by atoms with Crippen molar-refractivity contribution in [2.24, 2.45) is 5.73 Å². The molecule has 0 unspecified atom stereocenters. The van der Waals surface area contributed by atoms with Gasteiger partial charge in [0.05, 0.1) is 0 Å². The fourth-order valence-corrected chi connectivity index (χ4v) is 1.51. The van der Waals surface area contributed by atoms with Gasteiger partial charge in [0, 0.05) is 17.8 Å². The zero-order valence-electron chi connectivity index (χ0n) is 5.84. The van der Waals surface area contributed by atoms with Gasteiger partial charge in [-0.05, 0) is 11.4 Å².